The van der Waals surface area contributed by atoms with Crippen LogP contribution in [0.3, 0.4) is 0 Å². The summed E-state index contributed by atoms with van der Waals surface area (Å²) in [6.07, 6.45) is 5.48. The van der Waals surface area contributed by atoms with Crippen LogP contribution < -0.4 is 9.64 Å². The number of carbonyl (C=O) groups is 1. The molecule has 0 radical (unpaired) electrons. The number of benzene rings is 2. The molecule has 0 saturated carbocycles. The number of anilines is 2. The van der Waals surface area contributed by atoms with Crippen molar-refractivity contribution in [2.45, 2.75) is 6.61 Å². The Balaban J connectivity index is 1.43. The molecule has 2 N–H and O–H groups in total. The number of nitrogens with zero attached hydrogens (tertiary/aromatic N) is 5. The van der Waals surface area contributed by atoms with Crippen LogP contribution in [0.1, 0.15) is 5.56 Å². The van der Waals surface area contributed by atoms with Gasteiger partial charge >= 0.3 is 6.09 Å². The first-order valence-corrected chi connectivity index (χ1v) is 10.1. The summed E-state index contributed by atoms with van der Waals surface area (Å²) >= 11 is 0. The van der Waals surface area contributed by atoms with Gasteiger partial charge < -0.3 is 9.84 Å². The molecule has 0 atom stereocenters. The molecule has 0 fully saturated rings. The van der Waals surface area contributed by atoms with Gasteiger partial charge in [0.05, 0.1) is 17.4 Å². The van der Waals surface area contributed by atoms with Crippen LogP contribution in [0.4, 0.5) is 16.3 Å². The number of pyridine rings is 1. The van der Waals surface area contributed by atoms with Crippen LogP contribution in [0.2, 0.25) is 0 Å². The number of amides is 1. The Labute approximate surface area is 188 Å². The number of hydrogen-bond donors (Lipinski definition) is 2. The first-order chi connectivity index (χ1) is 16.2. The number of fused-ring (bicyclic) bond motifs is 1. The Bertz CT molecular complexity index is 1420. The van der Waals surface area contributed by atoms with Crippen molar-refractivity contribution in [1.82, 2.24) is 25.1 Å². The fourth-order valence-electron chi connectivity index (χ4n) is 3.40. The van der Waals surface area contributed by atoms with Gasteiger partial charge in [-0.3, -0.25) is 10.1 Å². The average molecular weight is 438 g/mol. The summed E-state index contributed by atoms with van der Waals surface area (Å²) in [7, 11) is 0. The number of carboxylic acid groups (broad SMARTS) is 1. The van der Waals surface area contributed by atoms with Gasteiger partial charge in [0.15, 0.2) is 5.82 Å². The highest BCUT2D eigenvalue weighted by Gasteiger charge is 2.20. The second-order valence-corrected chi connectivity index (χ2v) is 7.18. The lowest BCUT2D eigenvalue weighted by Crippen LogP contribution is -2.24. The largest absolute Gasteiger partial charge is 0.489 e. The molecule has 162 valence electrons. The minimum Gasteiger partial charge on any atom is -0.489 e. The van der Waals surface area contributed by atoms with E-state index in [1.54, 1.807) is 42.9 Å². The molecule has 5 aromatic rings. The molecule has 0 aliphatic rings. The molecule has 0 spiro atoms. The van der Waals surface area contributed by atoms with E-state index >= 15 is 0 Å². The fourth-order valence-corrected chi connectivity index (χ4v) is 3.40. The van der Waals surface area contributed by atoms with Crippen molar-refractivity contribution in [3.63, 3.8) is 0 Å². The smallest absolute Gasteiger partial charge is 0.417 e. The molecular formula is C24H18N6O3. The standard InChI is InChI=1S/C24H18N6O3/c31-24(32)30(19-6-7-21-18(11-19)14-27-29-21)22-8-10-26-23(28-22)17-4-1-5-20(12-17)33-15-16-3-2-9-25-13-16/h1-14H,15H2,(H,27,29)(H,31,32). The molecule has 9 heteroatoms. The fraction of sp³-hybridized carbons (Fsp3) is 0.0417. The third kappa shape index (κ3) is 4.33. The van der Waals surface area contributed by atoms with Crippen LogP contribution in [-0.4, -0.2) is 36.3 Å². The summed E-state index contributed by atoms with van der Waals surface area (Å²) in [5.41, 5.74) is 2.93. The van der Waals surface area contributed by atoms with Crippen LogP contribution in [0.15, 0.2) is 85.5 Å². The van der Waals surface area contributed by atoms with E-state index in [4.69, 9.17) is 4.74 Å². The molecular weight excluding hydrogens is 420 g/mol. The van der Waals surface area contributed by atoms with Gasteiger partial charge in [-0.2, -0.15) is 5.10 Å². The maximum absolute atomic E-state index is 12.1. The second-order valence-electron chi connectivity index (χ2n) is 7.18. The van der Waals surface area contributed by atoms with Gasteiger partial charge in [0.25, 0.3) is 0 Å². The second kappa shape index (κ2) is 8.75. The molecule has 2 aromatic carbocycles. The van der Waals surface area contributed by atoms with Crippen LogP contribution in [-0.2, 0) is 6.61 Å². The zero-order valence-corrected chi connectivity index (χ0v) is 17.3. The number of H-pyrrole nitrogens is 1. The minimum absolute atomic E-state index is 0.233. The van der Waals surface area contributed by atoms with Crippen molar-refractivity contribution < 1.29 is 14.6 Å². The molecule has 0 aliphatic carbocycles. The molecule has 3 heterocycles. The highest BCUT2D eigenvalue weighted by Crippen LogP contribution is 2.29. The summed E-state index contributed by atoms with van der Waals surface area (Å²) in [4.78, 5) is 26.2. The lowest BCUT2D eigenvalue weighted by Gasteiger charge is -2.19. The molecule has 1 amide bonds. The van der Waals surface area contributed by atoms with E-state index in [1.807, 2.05) is 36.4 Å². The van der Waals surface area contributed by atoms with E-state index in [-0.39, 0.29) is 5.82 Å². The monoisotopic (exact) mass is 438 g/mol. The van der Waals surface area contributed by atoms with E-state index in [1.165, 1.54) is 6.20 Å². The van der Waals surface area contributed by atoms with E-state index in [0.717, 1.165) is 21.4 Å². The molecule has 0 saturated heterocycles. The van der Waals surface area contributed by atoms with E-state index in [2.05, 4.69) is 25.1 Å². The molecule has 0 bridgehead atoms. The summed E-state index contributed by atoms with van der Waals surface area (Å²) in [6, 6.07) is 17.9. The predicted octanol–water partition coefficient (Wildman–Crippen LogP) is 4.81. The normalized spacial score (nSPS) is 10.8. The summed E-state index contributed by atoms with van der Waals surface area (Å²) in [5, 5.41) is 17.5. The summed E-state index contributed by atoms with van der Waals surface area (Å²) in [5.74, 6) is 1.26. The highest BCUT2D eigenvalue weighted by atomic mass is 16.5. The Morgan fingerprint density at radius 1 is 1.03 bits per heavy atom. The zero-order valence-electron chi connectivity index (χ0n) is 17.3. The Kier molecular flexibility index (Phi) is 5.34. The molecule has 3 aromatic heterocycles. The van der Waals surface area contributed by atoms with Crippen molar-refractivity contribution in [3.8, 4) is 17.1 Å². The van der Waals surface area contributed by atoms with Crippen LogP contribution in [0.5, 0.6) is 5.75 Å². The van der Waals surface area contributed by atoms with Crippen molar-refractivity contribution in [2.75, 3.05) is 4.90 Å². The van der Waals surface area contributed by atoms with Gasteiger partial charge in [-0.25, -0.2) is 19.7 Å². The number of ether oxygens (including phenoxy) is 1. The minimum atomic E-state index is -1.16. The molecule has 5 rings (SSSR count). The highest BCUT2D eigenvalue weighted by molar-refractivity contribution is 5.96. The third-order valence-electron chi connectivity index (χ3n) is 4.96. The number of rotatable bonds is 6. The summed E-state index contributed by atoms with van der Waals surface area (Å²) in [6.45, 7) is 0.376. The van der Waals surface area contributed by atoms with Crippen molar-refractivity contribution in [3.05, 3.63) is 91.0 Å². The van der Waals surface area contributed by atoms with Crippen molar-refractivity contribution in [1.29, 1.82) is 0 Å². The topological polar surface area (TPSA) is 117 Å². The molecule has 33 heavy (non-hydrogen) atoms. The first kappa shape index (κ1) is 20.1. The number of nitrogens with one attached hydrogen (secondary N) is 1. The van der Waals surface area contributed by atoms with Crippen molar-refractivity contribution in [2.24, 2.45) is 0 Å². The van der Waals surface area contributed by atoms with E-state index in [9.17, 15) is 9.90 Å². The SMILES string of the molecule is O=C(O)N(c1ccc2[nH]ncc2c1)c1ccnc(-c2cccc(OCc3cccnc3)c2)n1. The Morgan fingerprint density at radius 3 is 2.82 bits per heavy atom. The Hall–Kier alpha value is -4.79. The van der Waals surface area contributed by atoms with Gasteiger partial charge in [0.2, 0.25) is 0 Å². The zero-order chi connectivity index (χ0) is 22.6. The van der Waals surface area contributed by atoms with Crippen molar-refractivity contribution >= 4 is 28.5 Å². The maximum Gasteiger partial charge on any atom is 0.417 e. The van der Waals surface area contributed by atoms with Gasteiger partial charge in [0, 0.05) is 35.1 Å². The van der Waals surface area contributed by atoms with Crippen LogP contribution in [0.25, 0.3) is 22.3 Å². The quantitative estimate of drug-likeness (QED) is 0.391. The van der Waals surface area contributed by atoms with Gasteiger partial charge in [-0.05, 0) is 42.5 Å². The number of aromatic amines is 1. The lowest BCUT2D eigenvalue weighted by atomic mass is 10.2. The number of aromatic nitrogens is 5. The van der Waals surface area contributed by atoms with E-state index < -0.39 is 6.09 Å². The molecule has 0 aliphatic heterocycles. The van der Waals surface area contributed by atoms with Gasteiger partial charge in [-0.15, -0.1) is 0 Å². The Morgan fingerprint density at radius 2 is 1.97 bits per heavy atom. The molecule has 9 nitrogen and oxygen atoms in total. The molecule has 0 unspecified atom stereocenters. The van der Waals surface area contributed by atoms with Gasteiger partial charge in [0.1, 0.15) is 18.2 Å². The van der Waals surface area contributed by atoms with E-state index in [0.29, 0.717) is 29.4 Å². The van der Waals surface area contributed by atoms with Crippen LogP contribution in [0, 0.1) is 0 Å². The first-order valence-electron chi connectivity index (χ1n) is 10.1. The predicted molar refractivity (Wildman–Crippen MR) is 122 cm³/mol. The van der Waals surface area contributed by atoms with Gasteiger partial charge in [-0.1, -0.05) is 18.2 Å². The maximum atomic E-state index is 12.1. The van der Waals surface area contributed by atoms with Crippen LogP contribution >= 0.6 is 0 Å². The lowest BCUT2D eigenvalue weighted by molar-refractivity contribution is 0.204. The third-order valence-corrected chi connectivity index (χ3v) is 4.96. The summed E-state index contributed by atoms with van der Waals surface area (Å²) < 4.78 is 5.86. The number of hydrogen-bond acceptors (Lipinski definition) is 6. The average Bonchev–Trinajstić information content (AvgIpc) is 3.32.